The minimum Gasteiger partial charge on any atom is -0.549 e. The number of benzene rings is 1. The van der Waals surface area contributed by atoms with Crippen LogP contribution in [-0.2, 0) is 4.79 Å². The number of rotatable bonds is 4. The summed E-state index contributed by atoms with van der Waals surface area (Å²) in [4.78, 5) is 21.1. The van der Waals surface area contributed by atoms with E-state index in [0.717, 1.165) is 11.8 Å². The molecule has 1 rings (SSSR count). The van der Waals surface area contributed by atoms with Crippen LogP contribution >= 0.6 is 11.8 Å². The second kappa shape index (κ2) is 4.66. The largest absolute Gasteiger partial charge is 0.549 e. The first-order valence-corrected chi connectivity index (χ1v) is 4.72. The van der Waals surface area contributed by atoms with Crippen molar-refractivity contribution in [1.29, 1.82) is 0 Å². The highest BCUT2D eigenvalue weighted by Crippen LogP contribution is 2.18. The first-order valence-electron chi connectivity index (χ1n) is 3.73. The fourth-order valence-electron chi connectivity index (χ4n) is 0.855. The lowest BCUT2D eigenvalue weighted by Gasteiger charge is -2.05. The molecule has 0 unspecified atom stereocenters. The van der Waals surface area contributed by atoms with Crippen LogP contribution in [0.25, 0.3) is 0 Å². The predicted octanol–water partition coefficient (Wildman–Crippen LogP) is -1.11. The van der Waals surface area contributed by atoms with Crippen molar-refractivity contribution in [2.24, 2.45) is 0 Å². The molecule has 0 radical (unpaired) electrons. The normalized spacial score (nSPS) is 9.71. The summed E-state index contributed by atoms with van der Waals surface area (Å²) >= 11 is 1.01. The van der Waals surface area contributed by atoms with Gasteiger partial charge < -0.3 is 19.8 Å². The zero-order valence-corrected chi connectivity index (χ0v) is 7.87. The predicted molar refractivity (Wildman–Crippen MR) is 46.5 cm³/mol. The van der Waals surface area contributed by atoms with E-state index in [0.29, 0.717) is 4.90 Å². The van der Waals surface area contributed by atoms with E-state index < -0.39 is 11.9 Å². The molecule has 0 aliphatic carbocycles. The molecule has 14 heavy (non-hydrogen) atoms. The molecule has 0 heterocycles. The Kier molecular flexibility index (Phi) is 3.53. The van der Waals surface area contributed by atoms with Crippen molar-refractivity contribution in [2.45, 2.75) is 4.90 Å². The lowest BCUT2D eigenvalue weighted by Crippen LogP contribution is -2.24. The second-order valence-electron chi connectivity index (χ2n) is 2.48. The van der Waals surface area contributed by atoms with E-state index in [1.807, 2.05) is 0 Å². The average Bonchev–Trinajstić information content (AvgIpc) is 2.15. The fourth-order valence-corrected chi connectivity index (χ4v) is 1.52. The highest BCUT2D eigenvalue weighted by atomic mass is 32.2. The minimum absolute atomic E-state index is 0.0355. The first kappa shape index (κ1) is 10.6. The average molecular weight is 210 g/mol. The standard InChI is InChI=1S/C9H8O4S/c10-8(11)5-14-7-3-1-2-6(4-7)9(12)13/h1-4H,5H2,(H,10,11)(H,12,13)/p-2. The molecule has 0 bridgehead atoms. The third-order valence-electron chi connectivity index (χ3n) is 1.43. The number of aliphatic carboxylic acids is 1. The topological polar surface area (TPSA) is 80.3 Å². The Bertz CT molecular complexity index is 362. The summed E-state index contributed by atoms with van der Waals surface area (Å²) in [7, 11) is 0. The maximum atomic E-state index is 10.4. The van der Waals surface area contributed by atoms with Crippen LogP contribution in [-0.4, -0.2) is 17.7 Å². The number of hydrogen-bond donors (Lipinski definition) is 0. The van der Waals surface area contributed by atoms with Gasteiger partial charge in [0, 0.05) is 10.6 Å². The van der Waals surface area contributed by atoms with Gasteiger partial charge in [-0.15, -0.1) is 11.8 Å². The summed E-state index contributed by atoms with van der Waals surface area (Å²) in [5, 5.41) is 20.6. The number of aromatic carboxylic acids is 1. The van der Waals surface area contributed by atoms with Crippen LogP contribution in [0.4, 0.5) is 0 Å². The number of hydrogen-bond acceptors (Lipinski definition) is 5. The molecule has 0 amide bonds. The number of carboxylic acids is 2. The van der Waals surface area contributed by atoms with E-state index in [9.17, 15) is 19.8 Å². The number of carbonyl (C=O) groups is 2. The highest BCUT2D eigenvalue weighted by molar-refractivity contribution is 8.00. The van der Waals surface area contributed by atoms with Crippen molar-refractivity contribution in [3.8, 4) is 0 Å². The van der Waals surface area contributed by atoms with Crippen LogP contribution < -0.4 is 10.2 Å². The van der Waals surface area contributed by atoms with Crippen molar-refractivity contribution in [3.63, 3.8) is 0 Å². The zero-order valence-electron chi connectivity index (χ0n) is 7.06. The molecule has 1 aromatic rings. The molecule has 0 fully saturated rings. The second-order valence-corrected chi connectivity index (χ2v) is 3.52. The van der Waals surface area contributed by atoms with Gasteiger partial charge in [0.05, 0.1) is 11.9 Å². The van der Waals surface area contributed by atoms with Crippen LogP contribution in [0.15, 0.2) is 29.2 Å². The Hall–Kier alpha value is -1.49. The zero-order chi connectivity index (χ0) is 10.6. The summed E-state index contributed by atoms with van der Waals surface area (Å²) in [6, 6.07) is 5.91. The van der Waals surface area contributed by atoms with Gasteiger partial charge in [-0.3, -0.25) is 0 Å². The molecule has 0 saturated heterocycles. The van der Waals surface area contributed by atoms with Crippen LogP contribution in [0.5, 0.6) is 0 Å². The SMILES string of the molecule is O=C([O-])CSc1cccc(C(=O)[O-])c1. The van der Waals surface area contributed by atoms with Gasteiger partial charge in [0.1, 0.15) is 0 Å². The molecule has 0 aliphatic heterocycles. The van der Waals surface area contributed by atoms with E-state index in [-0.39, 0.29) is 11.3 Å². The van der Waals surface area contributed by atoms with Crippen molar-refractivity contribution in [1.82, 2.24) is 0 Å². The maximum Gasteiger partial charge on any atom is 0.0715 e. The van der Waals surface area contributed by atoms with Crippen LogP contribution in [0.3, 0.4) is 0 Å². The van der Waals surface area contributed by atoms with E-state index in [4.69, 9.17) is 0 Å². The van der Waals surface area contributed by atoms with Gasteiger partial charge in [0.25, 0.3) is 0 Å². The van der Waals surface area contributed by atoms with Crippen molar-refractivity contribution < 1.29 is 19.8 Å². The summed E-state index contributed by atoms with van der Waals surface area (Å²) in [5.41, 5.74) is 0.0355. The van der Waals surface area contributed by atoms with Gasteiger partial charge in [-0.1, -0.05) is 12.1 Å². The number of carbonyl (C=O) groups excluding carboxylic acids is 2. The molecular formula is C9H6O4S-2. The molecule has 0 spiro atoms. The van der Waals surface area contributed by atoms with Crippen LogP contribution in [0, 0.1) is 0 Å². The molecule has 1 aromatic carbocycles. The minimum atomic E-state index is -1.28. The molecule has 0 atom stereocenters. The van der Waals surface area contributed by atoms with Crippen LogP contribution in [0.1, 0.15) is 10.4 Å². The third-order valence-corrected chi connectivity index (χ3v) is 2.39. The Morgan fingerprint density at radius 1 is 1.29 bits per heavy atom. The summed E-state index contributed by atoms with van der Waals surface area (Å²) in [5.74, 6) is -2.66. The number of carboxylic acid groups (broad SMARTS) is 2. The smallest absolute Gasteiger partial charge is 0.0715 e. The number of thioether (sulfide) groups is 1. The van der Waals surface area contributed by atoms with Crippen molar-refractivity contribution in [2.75, 3.05) is 5.75 Å². The monoisotopic (exact) mass is 210 g/mol. The molecule has 0 aliphatic rings. The molecule has 74 valence electrons. The first-order chi connectivity index (χ1) is 6.59. The molecule has 4 nitrogen and oxygen atoms in total. The molecular weight excluding hydrogens is 204 g/mol. The van der Waals surface area contributed by atoms with Gasteiger partial charge in [-0.25, -0.2) is 0 Å². The molecule has 0 saturated carbocycles. The third kappa shape index (κ3) is 3.10. The maximum absolute atomic E-state index is 10.4. The van der Waals surface area contributed by atoms with Crippen LogP contribution in [0.2, 0.25) is 0 Å². The van der Waals surface area contributed by atoms with Gasteiger partial charge in [-0.05, 0) is 17.7 Å². The van der Waals surface area contributed by atoms with Gasteiger partial charge >= 0.3 is 0 Å². The molecule has 5 heteroatoms. The summed E-state index contributed by atoms with van der Waals surface area (Å²) in [6.45, 7) is 0. The highest BCUT2D eigenvalue weighted by Gasteiger charge is 1.97. The van der Waals surface area contributed by atoms with E-state index in [2.05, 4.69) is 0 Å². The molecule has 0 N–H and O–H groups in total. The van der Waals surface area contributed by atoms with E-state index in [1.165, 1.54) is 18.2 Å². The van der Waals surface area contributed by atoms with E-state index in [1.54, 1.807) is 6.07 Å². The Morgan fingerprint density at radius 2 is 2.00 bits per heavy atom. The quantitative estimate of drug-likeness (QED) is 0.589. The van der Waals surface area contributed by atoms with E-state index >= 15 is 0 Å². The Balaban J connectivity index is 2.73. The van der Waals surface area contributed by atoms with Crippen molar-refractivity contribution >= 4 is 23.7 Å². The Labute approximate surface area is 84.6 Å². The summed E-state index contributed by atoms with van der Waals surface area (Å²) in [6.07, 6.45) is 0. The lowest BCUT2D eigenvalue weighted by atomic mass is 10.2. The fraction of sp³-hybridized carbons (Fsp3) is 0.111. The van der Waals surface area contributed by atoms with Crippen molar-refractivity contribution in [3.05, 3.63) is 29.8 Å². The van der Waals surface area contributed by atoms with Gasteiger partial charge in [0.2, 0.25) is 0 Å². The lowest BCUT2D eigenvalue weighted by molar-refractivity contribution is -0.301. The Morgan fingerprint density at radius 3 is 2.57 bits per heavy atom. The summed E-state index contributed by atoms with van der Waals surface area (Å²) < 4.78 is 0. The molecule has 0 aromatic heterocycles. The van der Waals surface area contributed by atoms with Gasteiger partial charge in [-0.2, -0.15) is 0 Å². The van der Waals surface area contributed by atoms with Gasteiger partial charge in [0.15, 0.2) is 0 Å².